The van der Waals surface area contributed by atoms with E-state index in [1.807, 2.05) is 17.2 Å². The largest absolute Gasteiger partial charge is 0.341 e. The first kappa shape index (κ1) is 17.2. The number of hydrogen-bond donors (Lipinski definition) is 0. The first-order valence-corrected chi connectivity index (χ1v) is 10.2. The van der Waals surface area contributed by atoms with Gasteiger partial charge in [0, 0.05) is 31.4 Å². The number of likely N-dealkylation sites (tertiary alicyclic amines) is 1. The Morgan fingerprint density at radius 1 is 0.929 bits per heavy atom. The molecule has 0 aliphatic carbocycles. The molecule has 0 saturated carbocycles. The van der Waals surface area contributed by atoms with Gasteiger partial charge in [0.05, 0.1) is 5.69 Å². The fourth-order valence-corrected chi connectivity index (χ4v) is 4.41. The van der Waals surface area contributed by atoms with Crippen LogP contribution in [0.25, 0.3) is 22.0 Å². The summed E-state index contributed by atoms with van der Waals surface area (Å²) in [5.74, 6) is 0.912. The van der Waals surface area contributed by atoms with Crippen molar-refractivity contribution in [3.05, 3.63) is 54.7 Å². The SMILES string of the molecule is O=C([C@@H]1CCCN1c1nccc(-c2ccc3ccccc3c2)n1)N1CCCC1. The average Bonchev–Trinajstić information content (AvgIpc) is 3.45. The molecule has 2 aromatic carbocycles. The van der Waals surface area contributed by atoms with Gasteiger partial charge in [-0.05, 0) is 48.6 Å². The molecule has 3 aromatic rings. The third-order valence-corrected chi connectivity index (χ3v) is 5.90. The molecule has 1 amide bonds. The van der Waals surface area contributed by atoms with Crippen LogP contribution in [0.2, 0.25) is 0 Å². The number of anilines is 1. The lowest BCUT2D eigenvalue weighted by molar-refractivity contribution is -0.131. The number of nitrogens with zero attached hydrogens (tertiary/aromatic N) is 4. The number of aromatic nitrogens is 2. The van der Waals surface area contributed by atoms with E-state index in [4.69, 9.17) is 4.98 Å². The Labute approximate surface area is 165 Å². The summed E-state index contributed by atoms with van der Waals surface area (Å²) in [4.78, 5) is 26.4. The van der Waals surface area contributed by atoms with Crippen molar-refractivity contribution >= 4 is 22.6 Å². The van der Waals surface area contributed by atoms with Gasteiger partial charge in [-0.15, -0.1) is 0 Å². The van der Waals surface area contributed by atoms with Gasteiger partial charge in [0.2, 0.25) is 11.9 Å². The van der Waals surface area contributed by atoms with Gasteiger partial charge in [-0.2, -0.15) is 0 Å². The normalized spacial score (nSPS) is 19.5. The van der Waals surface area contributed by atoms with Gasteiger partial charge in [0.15, 0.2) is 0 Å². The molecule has 5 heteroatoms. The van der Waals surface area contributed by atoms with Gasteiger partial charge >= 0.3 is 0 Å². The lowest BCUT2D eigenvalue weighted by Crippen LogP contribution is -2.45. The quantitative estimate of drug-likeness (QED) is 0.700. The van der Waals surface area contributed by atoms with Crippen LogP contribution in [0.5, 0.6) is 0 Å². The van der Waals surface area contributed by atoms with Crippen LogP contribution < -0.4 is 4.90 Å². The van der Waals surface area contributed by atoms with Crippen LogP contribution in [0, 0.1) is 0 Å². The van der Waals surface area contributed by atoms with Crippen LogP contribution in [0.4, 0.5) is 5.95 Å². The minimum atomic E-state index is -0.120. The minimum Gasteiger partial charge on any atom is -0.341 e. The summed E-state index contributed by atoms with van der Waals surface area (Å²) in [6, 6.07) is 16.6. The van der Waals surface area contributed by atoms with Crippen molar-refractivity contribution in [3.8, 4) is 11.3 Å². The van der Waals surface area contributed by atoms with Crippen LogP contribution in [0.3, 0.4) is 0 Å². The summed E-state index contributed by atoms with van der Waals surface area (Å²) in [5, 5.41) is 2.42. The van der Waals surface area contributed by atoms with Gasteiger partial charge in [-0.1, -0.05) is 36.4 Å². The molecule has 0 N–H and O–H groups in total. The van der Waals surface area contributed by atoms with Crippen molar-refractivity contribution in [1.82, 2.24) is 14.9 Å². The molecule has 142 valence electrons. The Morgan fingerprint density at radius 2 is 1.75 bits per heavy atom. The summed E-state index contributed by atoms with van der Waals surface area (Å²) in [6.07, 6.45) is 5.94. The second-order valence-corrected chi connectivity index (χ2v) is 7.69. The third-order valence-electron chi connectivity index (χ3n) is 5.90. The first-order valence-electron chi connectivity index (χ1n) is 10.2. The summed E-state index contributed by atoms with van der Waals surface area (Å²) in [7, 11) is 0. The maximum absolute atomic E-state index is 13.0. The number of benzene rings is 2. The van der Waals surface area contributed by atoms with Gasteiger partial charge in [-0.3, -0.25) is 4.79 Å². The molecule has 1 atom stereocenters. The molecule has 2 aliphatic rings. The highest BCUT2D eigenvalue weighted by Crippen LogP contribution is 2.28. The topological polar surface area (TPSA) is 49.3 Å². The molecule has 3 heterocycles. The molecule has 2 aliphatic heterocycles. The summed E-state index contributed by atoms with van der Waals surface area (Å²) >= 11 is 0. The smallest absolute Gasteiger partial charge is 0.245 e. The number of rotatable bonds is 3. The van der Waals surface area contributed by atoms with Gasteiger partial charge in [-0.25, -0.2) is 9.97 Å². The number of carbonyl (C=O) groups excluding carboxylic acids is 1. The molecule has 28 heavy (non-hydrogen) atoms. The van der Waals surface area contributed by atoms with E-state index < -0.39 is 0 Å². The van der Waals surface area contributed by atoms with Crippen LogP contribution in [-0.2, 0) is 4.79 Å². The average molecular weight is 372 g/mol. The van der Waals surface area contributed by atoms with E-state index in [9.17, 15) is 4.79 Å². The predicted molar refractivity (Wildman–Crippen MR) is 111 cm³/mol. The Bertz CT molecular complexity index is 1010. The van der Waals surface area contributed by atoms with Crippen molar-refractivity contribution in [2.75, 3.05) is 24.5 Å². The standard InChI is InChI=1S/C23H24N4O/c28-22(26-13-3-4-14-26)21-8-5-15-27(21)23-24-12-11-20(25-23)19-10-9-17-6-1-2-7-18(17)16-19/h1-2,6-7,9-12,16,21H,3-5,8,13-15H2/t21-/m0/s1. The van der Waals surface area contributed by atoms with E-state index >= 15 is 0 Å². The molecular weight excluding hydrogens is 348 g/mol. The molecule has 2 saturated heterocycles. The van der Waals surface area contributed by atoms with E-state index in [1.54, 1.807) is 0 Å². The van der Waals surface area contributed by atoms with E-state index in [2.05, 4.69) is 52.3 Å². The zero-order valence-corrected chi connectivity index (χ0v) is 15.9. The molecular formula is C23H24N4O. The van der Waals surface area contributed by atoms with E-state index in [-0.39, 0.29) is 11.9 Å². The molecule has 2 fully saturated rings. The van der Waals surface area contributed by atoms with Crippen LogP contribution in [0.15, 0.2) is 54.7 Å². The number of carbonyl (C=O) groups is 1. The second-order valence-electron chi connectivity index (χ2n) is 7.69. The second kappa shape index (κ2) is 7.23. The lowest BCUT2D eigenvalue weighted by Gasteiger charge is -2.27. The fraction of sp³-hybridized carbons (Fsp3) is 0.348. The number of fused-ring (bicyclic) bond motifs is 1. The Morgan fingerprint density at radius 3 is 2.61 bits per heavy atom. The van der Waals surface area contributed by atoms with Crippen molar-refractivity contribution in [2.45, 2.75) is 31.7 Å². The highest BCUT2D eigenvalue weighted by molar-refractivity contribution is 5.87. The Balaban J connectivity index is 1.45. The highest BCUT2D eigenvalue weighted by Gasteiger charge is 2.36. The Kier molecular flexibility index (Phi) is 4.43. The van der Waals surface area contributed by atoms with Crippen molar-refractivity contribution in [1.29, 1.82) is 0 Å². The summed E-state index contributed by atoms with van der Waals surface area (Å²) in [6.45, 7) is 2.62. The molecule has 5 nitrogen and oxygen atoms in total. The van der Waals surface area contributed by atoms with E-state index in [1.165, 1.54) is 10.8 Å². The molecule has 0 unspecified atom stereocenters. The van der Waals surface area contributed by atoms with Crippen LogP contribution >= 0.6 is 0 Å². The molecule has 0 bridgehead atoms. The summed E-state index contributed by atoms with van der Waals surface area (Å²) in [5.41, 5.74) is 1.97. The minimum absolute atomic E-state index is 0.120. The fourth-order valence-electron chi connectivity index (χ4n) is 4.41. The van der Waals surface area contributed by atoms with Crippen molar-refractivity contribution < 1.29 is 4.79 Å². The van der Waals surface area contributed by atoms with E-state index in [0.717, 1.165) is 56.6 Å². The van der Waals surface area contributed by atoms with Gasteiger partial charge in [0.25, 0.3) is 0 Å². The number of amides is 1. The van der Waals surface area contributed by atoms with Crippen LogP contribution in [-0.4, -0.2) is 46.5 Å². The number of hydrogen-bond acceptors (Lipinski definition) is 4. The monoisotopic (exact) mass is 372 g/mol. The van der Waals surface area contributed by atoms with Crippen LogP contribution in [0.1, 0.15) is 25.7 Å². The lowest BCUT2D eigenvalue weighted by atomic mass is 10.1. The van der Waals surface area contributed by atoms with Crippen molar-refractivity contribution in [3.63, 3.8) is 0 Å². The predicted octanol–water partition coefficient (Wildman–Crippen LogP) is 3.89. The highest BCUT2D eigenvalue weighted by atomic mass is 16.2. The van der Waals surface area contributed by atoms with Crippen molar-refractivity contribution in [2.24, 2.45) is 0 Å². The third kappa shape index (κ3) is 3.11. The maximum atomic E-state index is 13.0. The van der Waals surface area contributed by atoms with E-state index in [0.29, 0.717) is 5.95 Å². The molecule has 0 spiro atoms. The maximum Gasteiger partial charge on any atom is 0.245 e. The van der Waals surface area contributed by atoms with Gasteiger partial charge < -0.3 is 9.80 Å². The molecule has 0 radical (unpaired) electrons. The van der Waals surface area contributed by atoms with Gasteiger partial charge in [0.1, 0.15) is 6.04 Å². The Hall–Kier alpha value is -2.95. The first-order chi connectivity index (χ1) is 13.8. The molecule has 5 rings (SSSR count). The zero-order valence-electron chi connectivity index (χ0n) is 15.9. The molecule has 1 aromatic heterocycles. The summed E-state index contributed by atoms with van der Waals surface area (Å²) < 4.78 is 0. The zero-order chi connectivity index (χ0) is 18.9.